The van der Waals surface area contributed by atoms with Crippen LogP contribution in [0.2, 0.25) is 0 Å². The molecule has 1 amide bonds. The van der Waals surface area contributed by atoms with E-state index in [1.807, 2.05) is 55.5 Å². The van der Waals surface area contributed by atoms with E-state index in [4.69, 9.17) is 9.47 Å². The predicted molar refractivity (Wildman–Crippen MR) is 116 cm³/mol. The van der Waals surface area contributed by atoms with Gasteiger partial charge in [0.2, 0.25) is 11.8 Å². The molecule has 0 saturated carbocycles. The maximum atomic E-state index is 12.1. The van der Waals surface area contributed by atoms with Crippen LogP contribution in [0.5, 0.6) is 11.6 Å². The summed E-state index contributed by atoms with van der Waals surface area (Å²) in [5, 5.41) is 15.7. The molecule has 0 fully saturated rings. The topological polar surface area (TPSA) is 90.6 Å². The number of rotatable bonds is 8. The molecule has 0 atom stereocenters. The van der Waals surface area contributed by atoms with Gasteiger partial charge < -0.3 is 14.8 Å². The van der Waals surface area contributed by atoms with Crippen LogP contribution in [-0.2, 0) is 11.2 Å². The molecule has 31 heavy (non-hydrogen) atoms. The van der Waals surface area contributed by atoms with Crippen molar-refractivity contribution in [1.29, 1.82) is 0 Å². The highest BCUT2D eigenvalue weighted by Gasteiger charge is 2.11. The summed E-state index contributed by atoms with van der Waals surface area (Å²) in [5.74, 6) is 1.75. The number of nitrogens with one attached hydrogen (secondary N) is 1. The summed E-state index contributed by atoms with van der Waals surface area (Å²) < 4.78 is 12.5. The summed E-state index contributed by atoms with van der Waals surface area (Å²) in [6, 6.07) is 18.9. The summed E-state index contributed by atoms with van der Waals surface area (Å²) in [4.78, 5) is 12.1. The number of nitrogens with zero attached hydrogens (tertiary/aromatic N) is 4. The minimum absolute atomic E-state index is 0.0433. The van der Waals surface area contributed by atoms with Crippen LogP contribution in [0, 0.1) is 6.92 Å². The third-order valence-corrected chi connectivity index (χ3v) is 4.71. The Kier molecular flexibility index (Phi) is 6.07. The first-order chi connectivity index (χ1) is 15.1. The van der Waals surface area contributed by atoms with Crippen LogP contribution in [0.1, 0.15) is 11.1 Å². The van der Waals surface area contributed by atoms with Crippen molar-refractivity contribution in [3.63, 3.8) is 0 Å². The number of aromatic nitrogens is 4. The molecule has 1 N–H and O–H groups in total. The van der Waals surface area contributed by atoms with Gasteiger partial charge in [-0.15, -0.1) is 15.3 Å². The minimum atomic E-state index is -0.0433. The molecule has 4 rings (SSSR count). The first-order valence-electron chi connectivity index (χ1n) is 9.94. The number of carbonyl (C=O) groups is 1. The Balaban J connectivity index is 1.35. The van der Waals surface area contributed by atoms with Gasteiger partial charge in [0, 0.05) is 11.6 Å². The van der Waals surface area contributed by atoms with Crippen LogP contribution in [0.15, 0.2) is 60.7 Å². The van der Waals surface area contributed by atoms with Gasteiger partial charge in [-0.1, -0.05) is 29.8 Å². The molecule has 0 aliphatic heterocycles. The fourth-order valence-corrected chi connectivity index (χ4v) is 3.19. The van der Waals surface area contributed by atoms with E-state index < -0.39 is 0 Å². The van der Waals surface area contributed by atoms with Gasteiger partial charge in [-0.3, -0.25) is 4.79 Å². The van der Waals surface area contributed by atoms with E-state index in [-0.39, 0.29) is 5.91 Å². The average molecular weight is 417 g/mol. The molecule has 8 heteroatoms. The second kappa shape index (κ2) is 9.25. The first kappa shape index (κ1) is 20.3. The van der Waals surface area contributed by atoms with Crippen LogP contribution < -0.4 is 14.8 Å². The number of aryl methyl sites for hydroxylation is 1. The first-order valence-corrected chi connectivity index (χ1v) is 9.94. The van der Waals surface area contributed by atoms with E-state index in [1.165, 1.54) is 0 Å². The van der Waals surface area contributed by atoms with Gasteiger partial charge >= 0.3 is 0 Å². The van der Waals surface area contributed by atoms with Crippen molar-refractivity contribution in [3.8, 4) is 23.0 Å². The molecule has 158 valence electrons. The van der Waals surface area contributed by atoms with Crippen molar-refractivity contribution in [2.45, 2.75) is 13.3 Å². The van der Waals surface area contributed by atoms with Crippen LogP contribution >= 0.6 is 0 Å². The van der Waals surface area contributed by atoms with Crippen molar-refractivity contribution < 1.29 is 14.3 Å². The van der Waals surface area contributed by atoms with Gasteiger partial charge in [0.15, 0.2) is 11.5 Å². The molecule has 0 aliphatic carbocycles. The average Bonchev–Trinajstić information content (AvgIpc) is 3.20. The van der Waals surface area contributed by atoms with Gasteiger partial charge in [0.05, 0.1) is 20.1 Å². The van der Waals surface area contributed by atoms with Gasteiger partial charge in [0.25, 0.3) is 0 Å². The highest BCUT2D eigenvalue weighted by molar-refractivity contribution is 5.78. The number of ether oxygens (including phenoxy) is 2. The summed E-state index contributed by atoms with van der Waals surface area (Å²) in [6.07, 6.45) is 0.345. The van der Waals surface area contributed by atoms with Crippen LogP contribution in [0.4, 0.5) is 0 Å². The number of methoxy groups -OCH3 is 1. The van der Waals surface area contributed by atoms with Gasteiger partial charge in [-0.25, -0.2) is 0 Å². The Bertz CT molecular complexity index is 1190. The lowest BCUT2D eigenvalue weighted by molar-refractivity contribution is -0.120. The zero-order chi connectivity index (χ0) is 21.6. The van der Waals surface area contributed by atoms with Crippen molar-refractivity contribution in [2.75, 3.05) is 20.3 Å². The highest BCUT2D eigenvalue weighted by atomic mass is 16.5. The predicted octanol–water partition coefficient (Wildman–Crippen LogP) is 2.85. The molecule has 8 nitrogen and oxygen atoms in total. The molecule has 0 aliphatic rings. The maximum absolute atomic E-state index is 12.1. The van der Waals surface area contributed by atoms with Gasteiger partial charge in [-0.05, 0) is 42.8 Å². The second-order valence-electron chi connectivity index (χ2n) is 7.06. The molecular formula is C23H23N5O3. The van der Waals surface area contributed by atoms with E-state index in [0.717, 1.165) is 22.4 Å². The van der Waals surface area contributed by atoms with Gasteiger partial charge in [-0.2, -0.15) is 4.52 Å². The Morgan fingerprint density at radius 3 is 2.68 bits per heavy atom. The molecular weight excluding hydrogens is 394 g/mol. The number of amides is 1. The Morgan fingerprint density at radius 2 is 1.90 bits per heavy atom. The van der Waals surface area contributed by atoms with Crippen LogP contribution in [0.3, 0.4) is 0 Å². The van der Waals surface area contributed by atoms with Crippen LogP contribution in [0.25, 0.3) is 17.0 Å². The van der Waals surface area contributed by atoms with Crippen molar-refractivity contribution in [3.05, 3.63) is 71.8 Å². The normalized spacial score (nSPS) is 10.8. The smallest absolute Gasteiger partial charge is 0.231 e. The van der Waals surface area contributed by atoms with Crippen molar-refractivity contribution >= 4 is 11.6 Å². The van der Waals surface area contributed by atoms with E-state index in [2.05, 4.69) is 20.6 Å². The molecule has 0 spiro atoms. The lowest BCUT2D eigenvalue weighted by Gasteiger charge is -2.08. The molecule has 2 aromatic carbocycles. The second-order valence-corrected chi connectivity index (χ2v) is 7.06. The van der Waals surface area contributed by atoms with Crippen molar-refractivity contribution in [1.82, 2.24) is 25.1 Å². The van der Waals surface area contributed by atoms with Crippen molar-refractivity contribution in [2.24, 2.45) is 0 Å². The quantitative estimate of drug-likeness (QED) is 0.444. The monoisotopic (exact) mass is 417 g/mol. The highest BCUT2D eigenvalue weighted by Crippen LogP contribution is 2.21. The lowest BCUT2D eigenvalue weighted by atomic mass is 10.1. The van der Waals surface area contributed by atoms with E-state index in [9.17, 15) is 4.79 Å². The molecule has 0 unspecified atom stereocenters. The summed E-state index contributed by atoms with van der Waals surface area (Å²) >= 11 is 0. The third kappa shape index (κ3) is 4.98. The van der Waals surface area contributed by atoms with E-state index in [0.29, 0.717) is 36.9 Å². The molecule has 4 aromatic rings. The maximum Gasteiger partial charge on any atom is 0.231 e. The molecule has 2 heterocycles. The fraction of sp³-hybridized carbons (Fsp3) is 0.217. The molecule has 0 bridgehead atoms. The number of fused-ring (bicyclic) bond motifs is 1. The number of benzene rings is 2. The largest absolute Gasteiger partial charge is 0.497 e. The SMILES string of the molecule is COc1ccc(-c2nnc3ccc(OCCNC(=O)Cc4cccc(C)c4)nn23)cc1. The standard InChI is InChI=1S/C23H23N5O3/c1-16-4-3-5-17(14-16)15-21(29)24-12-13-31-22-11-10-20-25-26-23(28(20)27-22)18-6-8-19(30-2)9-7-18/h3-11,14H,12-13,15H2,1-2H3,(H,24,29). The minimum Gasteiger partial charge on any atom is -0.497 e. The molecule has 0 radical (unpaired) electrons. The Labute approximate surface area is 179 Å². The zero-order valence-electron chi connectivity index (χ0n) is 17.4. The molecule has 2 aromatic heterocycles. The number of carbonyl (C=O) groups excluding carboxylic acids is 1. The van der Waals surface area contributed by atoms with E-state index in [1.54, 1.807) is 23.8 Å². The number of hydrogen-bond acceptors (Lipinski definition) is 6. The lowest BCUT2D eigenvalue weighted by Crippen LogP contribution is -2.29. The summed E-state index contributed by atoms with van der Waals surface area (Å²) in [5.41, 5.74) is 3.60. The summed E-state index contributed by atoms with van der Waals surface area (Å²) in [7, 11) is 1.62. The number of hydrogen-bond donors (Lipinski definition) is 1. The fourth-order valence-electron chi connectivity index (χ4n) is 3.19. The zero-order valence-corrected chi connectivity index (χ0v) is 17.4. The Morgan fingerprint density at radius 1 is 1.06 bits per heavy atom. The van der Waals surface area contributed by atoms with Gasteiger partial charge in [0.1, 0.15) is 12.4 Å². The molecule has 0 saturated heterocycles. The Hall–Kier alpha value is -3.94. The van der Waals surface area contributed by atoms with Crippen LogP contribution in [-0.4, -0.2) is 46.0 Å². The summed E-state index contributed by atoms with van der Waals surface area (Å²) in [6.45, 7) is 2.70. The van der Waals surface area contributed by atoms with E-state index >= 15 is 0 Å². The third-order valence-electron chi connectivity index (χ3n) is 4.71.